The molecule has 2 aliphatic rings. The molecule has 0 bridgehead atoms. The molecule has 176 valence electrons. The molecule has 8 nitrogen and oxygen atoms in total. The maximum Gasteiger partial charge on any atom is 0.257 e. The molecule has 2 heterocycles. The zero-order valence-corrected chi connectivity index (χ0v) is 19.0. The van der Waals surface area contributed by atoms with Crippen LogP contribution >= 0.6 is 11.3 Å². The molecule has 1 atom stereocenters. The van der Waals surface area contributed by atoms with Crippen molar-refractivity contribution in [2.75, 3.05) is 25.3 Å². The number of halogens is 1. The van der Waals surface area contributed by atoms with E-state index < -0.39 is 0 Å². The first-order chi connectivity index (χ1) is 16.6. The molecular weight excluding hydrogens is 461 g/mol. The van der Waals surface area contributed by atoms with Crippen LogP contribution < -0.4 is 24.8 Å². The Labute approximate surface area is 199 Å². The number of aryl methyl sites for hydroxylation is 1. The summed E-state index contributed by atoms with van der Waals surface area (Å²) in [4.78, 5) is 31.1. The van der Waals surface area contributed by atoms with Crippen molar-refractivity contribution >= 4 is 28.3 Å². The third kappa shape index (κ3) is 4.81. The molecule has 2 N–H and O–H groups in total. The Bertz CT molecular complexity index is 1210. The van der Waals surface area contributed by atoms with Crippen molar-refractivity contribution in [2.24, 2.45) is 0 Å². The summed E-state index contributed by atoms with van der Waals surface area (Å²) in [5, 5.41) is 6.19. The predicted octanol–water partition coefficient (Wildman–Crippen LogP) is 3.88. The number of rotatable bonds is 7. The molecule has 0 fully saturated rings. The predicted molar refractivity (Wildman–Crippen MR) is 123 cm³/mol. The van der Waals surface area contributed by atoms with Crippen LogP contribution in [0.3, 0.4) is 0 Å². The quantitative estimate of drug-likeness (QED) is 0.495. The van der Waals surface area contributed by atoms with Gasteiger partial charge in [0.15, 0.2) is 16.6 Å². The summed E-state index contributed by atoms with van der Waals surface area (Å²) >= 11 is 1.40. The van der Waals surface area contributed by atoms with E-state index in [4.69, 9.17) is 14.2 Å². The van der Waals surface area contributed by atoms with E-state index in [1.54, 1.807) is 30.3 Å². The molecule has 34 heavy (non-hydrogen) atoms. The van der Waals surface area contributed by atoms with Crippen LogP contribution in [0.5, 0.6) is 17.2 Å². The first-order valence-corrected chi connectivity index (χ1v) is 11.7. The molecule has 0 spiro atoms. The first-order valence-electron chi connectivity index (χ1n) is 10.9. The van der Waals surface area contributed by atoms with Crippen LogP contribution in [0.1, 0.15) is 39.7 Å². The SMILES string of the molecule is O=C(Nc1nc2c(s1)CCCC2C(=O)NCCOc1ccc(F)cc1)c1ccc2c(c1)OCO2. The highest BCUT2D eigenvalue weighted by atomic mass is 32.1. The van der Waals surface area contributed by atoms with E-state index in [2.05, 4.69) is 15.6 Å². The van der Waals surface area contributed by atoms with Crippen LogP contribution in [0.25, 0.3) is 0 Å². The third-order valence-electron chi connectivity index (χ3n) is 5.61. The van der Waals surface area contributed by atoms with Gasteiger partial charge in [0.05, 0.1) is 18.2 Å². The number of amides is 2. The Hall–Kier alpha value is -3.66. The number of fused-ring (bicyclic) bond motifs is 2. The van der Waals surface area contributed by atoms with Crippen LogP contribution in [0.15, 0.2) is 42.5 Å². The van der Waals surface area contributed by atoms with Gasteiger partial charge in [0.1, 0.15) is 18.2 Å². The summed E-state index contributed by atoms with van der Waals surface area (Å²) in [7, 11) is 0. The summed E-state index contributed by atoms with van der Waals surface area (Å²) < 4.78 is 29.1. The van der Waals surface area contributed by atoms with E-state index in [0.717, 1.165) is 17.7 Å². The average molecular weight is 484 g/mol. The van der Waals surface area contributed by atoms with Crippen molar-refractivity contribution in [3.05, 3.63) is 64.4 Å². The molecule has 0 saturated heterocycles. The molecular formula is C24H22FN3O5S. The van der Waals surface area contributed by atoms with Gasteiger partial charge in [0, 0.05) is 10.4 Å². The molecule has 1 unspecified atom stereocenters. The standard InChI is InChI=1S/C24H22FN3O5S/c25-15-5-7-16(8-6-15)31-11-10-26-23(30)17-2-1-3-20-21(17)27-24(34-20)28-22(29)14-4-9-18-19(12-14)33-13-32-18/h4-9,12,17H,1-3,10-11,13H2,(H,26,30)(H,27,28,29). The number of nitrogens with one attached hydrogen (secondary N) is 2. The number of hydrogen-bond donors (Lipinski definition) is 2. The zero-order valence-electron chi connectivity index (χ0n) is 18.1. The van der Waals surface area contributed by atoms with Crippen molar-refractivity contribution < 1.29 is 28.2 Å². The average Bonchev–Trinajstić information content (AvgIpc) is 3.48. The number of aromatic nitrogens is 1. The topological polar surface area (TPSA) is 98.8 Å². The largest absolute Gasteiger partial charge is 0.492 e. The lowest BCUT2D eigenvalue weighted by Crippen LogP contribution is -2.34. The van der Waals surface area contributed by atoms with E-state index >= 15 is 0 Å². The van der Waals surface area contributed by atoms with Gasteiger partial charge in [-0.15, -0.1) is 11.3 Å². The minimum atomic E-state index is -0.373. The van der Waals surface area contributed by atoms with Gasteiger partial charge < -0.3 is 19.5 Å². The van der Waals surface area contributed by atoms with Gasteiger partial charge in [0.25, 0.3) is 5.91 Å². The molecule has 0 radical (unpaired) electrons. The van der Waals surface area contributed by atoms with E-state index in [0.29, 0.717) is 46.6 Å². The Morgan fingerprint density at radius 2 is 1.97 bits per heavy atom. The van der Waals surface area contributed by atoms with Gasteiger partial charge in [-0.1, -0.05) is 0 Å². The smallest absolute Gasteiger partial charge is 0.257 e. The first kappa shape index (κ1) is 22.1. The maximum atomic E-state index is 13.0. The third-order valence-corrected chi connectivity index (χ3v) is 6.66. The van der Waals surface area contributed by atoms with Crippen LogP contribution in [-0.4, -0.2) is 36.7 Å². The van der Waals surface area contributed by atoms with Crippen LogP contribution in [0.4, 0.5) is 9.52 Å². The van der Waals surface area contributed by atoms with E-state index in [-0.39, 0.29) is 36.9 Å². The van der Waals surface area contributed by atoms with Gasteiger partial charge in [-0.2, -0.15) is 0 Å². The zero-order chi connectivity index (χ0) is 23.5. The van der Waals surface area contributed by atoms with Crippen LogP contribution in [0.2, 0.25) is 0 Å². The highest BCUT2D eigenvalue weighted by molar-refractivity contribution is 7.16. The fourth-order valence-electron chi connectivity index (χ4n) is 3.93. The van der Waals surface area contributed by atoms with E-state index in [1.807, 2.05) is 0 Å². The molecule has 2 amide bonds. The molecule has 5 rings (SSSR count). The minimum Gasteiger partial charge on any atom is -0.492 e. The fraction of sp³-hybridized carbons (Fsp3) is 0.292. The van der Waals surface area contributed by atoms with Crippen molar-refractivity contribution in [3.8, 4) is 17.2 Å². The molecule has 1 aliphatic heterocycles. The lowest BCUT2D eigenvalue weighted by Gasteiger charge is -2.20. The number of carbonyl (C=O) groups is 2. The van der Waals surface area contributed by atoms with E-state index in [9.17, 15) is 14.0 Å². The van der Waals surface area contributed by atoms with Crippen molar-refractivity contribution in [1.82, 2.24) is 10.3 Å². The summed E-state index contributed by atoms with van der Waals surface area (Å²) in [6.45, 7) is 0.728. The number of nitrogens with zero attached hydrogens (tertiary/aromatic N) is 1. The molecule has 1 aromatic heterocycles. The van der Waals surface area contributed by atoms with Crippen LogP contribution in [-0.2, 0) is 11.2 Å². The van der Waals surface area contributed by atoms with Gasteiger partial charge in [-0.05, 0) is 61.7 Å². The second-order valence-corrected chi connectivity index (χ2v) is 8.97. The Kier molecular flexibility index (Phi) is 6.31. The molecule has 3 aromatic rings. The second-order valence-electron chi connectivity index (χ2n) is 7.89. The lowest BCUT2D eigenvalue weighted by molar-refractivity contribution is -0.123. The monoisotopic (exact) mass is 483 g/mol. The van der Waals surface area contributed by atoms with Gasteiger partial charge in [-0.3, -0.25) is 14.9 Å². The number of hydrogen-bond acceptors (Lipinski definition) is 7. The summed E-state index contributed by atoms with van der Waals surface area (Å²) in [5.74, 6) is 0.554. The van der Waals surface area contributed by atoms with Crippen molar-refractivity contribution in [2.45, 2.75) is 25.2 Å². The number of benzene rings is 2. The van der Waals surface area contributed by atoms with Crippen molar-refractivity contribution in [1.29, 1.82) is 0 Å². The summed E-state index contributed by atoms with van der Waals surface area (Å²) in [6, 6.07) is 10.7. The molecule has 2 aromatic carbocycles. The van der Waals surface area contributed by atoms with Crippen molar-refractivity contribution in [3.63, 3.8) is 0 Å². The maximum absolute atomic E-state index is 13.0. The second kappa shape index (κ2) is 9.68. The molecule has 0 saturated carbocycles. The number of ether oxygens (including phenoxy) is 3. The summed E-state index contributed by atoms with van der Waals surface area (Å²) in [5.41, 5.74) is 1.15. The Balaban J connectivity index is 1.18. The highest BCUT2D eigenvalue weighted by Crippen LogP contribution is 2.37. The van der Waals surface area contributed by atoms with Gasteiger partial charge in [-0.25, -0.2) is 9.37 Å². The van der Waals surface area contributed by atoms with Gasteiger partial charge in [0.2, 0.25) is 12.7 Å². The Morgan fingerprint density at radius 3 is 2.82 bits per heavy atom. The number of thiazole rings is 1. The number of anilines is 1. The van der Waals surface area contributed by atoms with Gasteiger partial charge >= 0.3 is 0 Å². The normalized spacial score (nSPS) is 16.0. The fourth-order valence-corrected chi connectivity index (χ4v) is 4.99. The minimum absolute atomic E-state index is 0.123. The lowest BCUT2D eigenvalue weighted by atomic mass is 9.90. The highest BCUT2D eigenvalue weighted by Gasteiger charge is 2.30. The molecule has 1 aliphatic carbocycles. The van der Waals surface area contributed by atoms with Crippen LogP contribution in [0, 0.1) is 5.82 Å². The van der Waals surface area contributed by atoms with E-state index in [1.165, 1.54) is 23.5 Å². The number of carbonyl (C=O) groups excluding carboxylic acids is 2. The Morgan fingerprint density at radius 1 is 1.15 bits per heavy atom. The summed E-state index contributed by atoms with van der Waals surface area (Å²) in [6.07, 6.45) is 2.39. The molecule has 10 heteroatoms.